The van der Waals surface area contributed by atoms with Gasteiger partial charge >= 0.3 is 0 Å². The van der Waals surface area contributed by atoms with Crippen LogP contribution in [-0.2, 0) is 5.60 Å². The van der Waals surface area contributed by atoms with Crippen LogP contribution in [0.1, 0.15) is 11.1 Å². The Labute approximate surface area is 77.9 Å². The summed E-state index contributed by atoms with van der Waals surface area (Å²) in [4.78, 5) is 0. The van der Waals surface area contributed by atoms with Gasteiger partial charge in [-0.2, -0.15) is 0 Å². The first kappa shape index (κ1) is 8.48. The van der Waals surface area contributed by atoms with Gasteiger partial charge in [0.2, 0.25) is 0 Å². The summed E-state index contributed by atoms with van der Waals surface area (Å²) in [5.41, 5.74) is 1.43. The molecular weight excluding hydrogens is 162 g/mol. The lowest BCUT2D eigenvalue weighted by molar-refractivity contribution is -0.0146. The van der Waals surface area contributed by atoms with E-state index < -0.39 is 5.60 Å². The van der Waals surface area contributed by atoms with E-state index in [9.17, 15) is 5.11 Å². The Morgan fingerprint density at radius 2 is 1.92 bits per heavy atom. The summed E-state index contributed by atoms with van der Waals surface area (Å²) in [6, 6.07) is 7.85. The largest absolute Gasteiger partial charge is 0.382 e. The van der Waals surface area contributed by atoms with Gasteiger partial charge in [0, 0.05) is 13.1 Å². The Morgan fingerprint density at radius 1 is 1.31 bits per heavy atom. The normalized spacial score (nSPS) is 19.2. The summed E-state index contributed by atoms with van der Waals surface area (Å²) < 4.78 is 0. The molecule has 1 fully saturated rings. The Balaban J connectivity index is 2.27. The lowest BCUT2D eigenvalue weighted by Gasteiger charge is -2.38. The van der Waals surface area contributed by atoms with Crippen LogP contribution in [0.5, 0.6) is 0 Å². The fraction of sp³-hybridized carbons (Fsp3) is 0.273. The van der Waals surface area contributed by atoms with Crippen molar-refractivity contribution in [1.82, 2.24) is 5.32 Å². The third kappa shape index (κ3) is 1.39. The quantitative estimate of drug-likeness (QED) is 0.706. The van der Waals surface area contributed by atoms with Gasteiger partial charge in [0.05, 0.1) is 0 Å². The minimum absolute atomic E-state index is 0.639. The second-order valence-electron chi connectivity index (χ2n) is 3.46. The Kier molecular flexibility index (Phi) is 1.94. The molecule has 2 heteroatoms. The van der Waals surface area contributed by atoms with Gasteiger partial charge in [-0.1, -0.05) is 36.9 Å². The van der Waals surface area contributed by atoms with E-state index in [-0.39, 0.29) is 0 Å². The molecule has 0 aromatic heterocycles. The molecule has 0 amide bonds. The Morgan fingerprint density at radius 3 is 2.31 bits per heavy atom. The molecule has 1 aromatic carbocycles. The second-order valence-corrected chi connectivity index (χ2v) is 3.46. The van der Waals surface area contributed by atoms with Crippen molar-refractivity contribution >= 4 is 6.08 Å². The van der Waals surface area contributed by atoms with Crippen molar-refractivity contribution in [1.29, 1.82) is 0 Å². The molecule has 0 atom stereocenters. The molecule has 0 aliphatic carbocycles. The van der Waals surface area contributed by atoms with E-state index in [1.807, 2.05) is 24.3 Å². The van der Waals surface area contributed by atoms with Crippen molar-refractivity contribution in [3.63, 3.8) is 0 Å². The van der Waals surface area contributed by atoms with Gasteiger partial charge in [-0.25, -0.2) is 0 Å². The Hall–Kier alpha value is -1.12. The molecule has 2 N–H and O–H groups in total. The molecule has 0 bridgehead atoms. The number of nitrogens with one attached hydrogen (secondary N) is 1. The molecule has 1 aliphatic rings. The van der Waals surface area contributed by atoms with E-state index in [0.717, 1.165) is 11.1 Å². The van der Waals surface area contributed by atoms with E-state index in [1.54, 1.807) is 6.08 Å². The minimum Gasteiger partial charge on any atom is -0.382 e. The third-order valence-corrected chi connectivity index (χ3v) is 2.52. The van der Waals surface area contributed by atoms with E-state index in [1.165, 1.54) is 0 Å². The highest BCUT2D eigenvalue weighted by Crippen LogP contribution is 2.25. The molecule has 1 heterocycles. The van der Waals surface area contributed by atoms with Crippen molar-refractivity contribution in [3.05, 3.63) is 42.0 Å². The van der Waals surface area contributed by atoms with Crippen molar-refractivity contribution in [2.45, 2.75) is 5.60 Å². The molecule has 0 radical (unpaired) electrons. The number of benzene rings is 1. The number of rotatable bonds is 2. The molecule has 1 saturated heterocycles. The third-order valence-electron chi connectivity index (χ3n) is 2.52. The van der Waals surface area contributed by atoms with Crippen LogP contribution in [0.15, 0.2) is 30.8 Å². The fourth-order valence-electron chi connectivity index (χ4n) is 1.50. The SMILES string of the molecule is C=Cc1ccc(C2(O)CNC2)cc1. The predicted octanol–water partition coefficient (Wildman–Crippen LogP) is 1.12. The monoisotopic (exact) mass is 175 g/mol. The van der Waals surface area contributed by atoms with Gasteiger partial charge in [0.25, 0.3) is 0 Å². The van der Waals surface area contributed by atoms with Gasteiger partial charge in [-0.05, 0) is 11.1 Å². The van der Waals surface area contributed by atoms with Gasteiger partial charge in [0.15, 0.2) is 0 Å². The summed E-state index contributed by atoms with van der Waals surface area (Å²) in [5, 5.41) is 13.0. The zero-order chi connectivity index (χ0) is 9.31. The van der Waals surface area contributed by atoms with Crippen LogP contribution in [0.4, 0.5) is 0 Å². The van der Waals surface area contributed by atoms with Crippen molar-refractivity contribution in [2.75, 3.05) is 13.1 Å². The van der Waals surface area contributed by atoms with Gasteiger partial charge in [-0.15, -0.1) is 0 Å². The molecule has 0 saturated carbocycles. The smallest absolute Gasteiger partial charge is 0.114 e. The zero-order valence-electron chi connectivity index (χ0n) is 7.46. The first-order valence-corrected chi connectivity index (χ1v) is 4.41. The first-order valence-electron chi connectivity index (χ1n) is 4.41. The van der Waals surface area contributed by atoms with Crippen LogP contribution < -0.4 is 5.32 Å². The Bertz CT molecular complexity index is 311. The molecule has 68 valence electrons. The van der Waals surface area contributed by atoms with E-state index in [2.05, 4.69) is 11.9 Å². The fourth-order valence-corrected chi connectivity index (χ4v) is 1.50. The molecule has 0 spiro atoms. The number of hydrogen-bond acceptors (Lipinski definition) is 2. The molecule has 1 aliphatic heterocycles. The standard InChI is InChI=1S/C11H13NO/c1-2-9-3-5-10(6-4-9)11(13)7-12-8-11/h2-6,12-13H,1,7-8H2. The summed E-state index contributed by atoms with van der Waals surface area (Å²) in [7, 11) is 0. The summed E-state index contributed by atoms with van der Waals surface area (Å²) in [6.45, 7) is 4.99. The van der Waals surface area contributed by atoms with Gasteiger partial charge in [-0.3, -0.25) is 0 Å². The number of aliphatic hydroxyl groups is 1. The zero-order valence-corrected chi connectivity index (χ0v) is 7.46. The highest BCUT2D eigenvalue weighted by molar-refractivity contribution is 5.48. The van der Waals surface area contributed by atoms with Crippen molar-refractivity contribution in [3.8, 4) is 0 Å². The van der Waals surface area contributed by atoms with E-state index >= 15 is 0 Å². The maximum absolute atomic E-state index is 9.96. The summed E-state index contributed by atoms with van der Waals surface area (Å²) >= 11 is 0. The topological polar surface area (TPSA) is 32.3 Å². The second kappa shape index (κ2) is 2.98. The molecular formula is C11H13NO. The average Bonchev–Trinajstić information content (AvgIpc) is 2.14. The molecule has 13 heavy (non-hydrogen) atoms. The van der Waals surface area contributed by atoms with Crippen LogP contribution in [0.3, 0.4) is 0 Å². The molecule has 2 rings (SSSR count). The lowest BCUT2D eigenvalue weighted by atomic mass is 9.88. The molecule has 0 unspecified atom stereocenters. The summed E-state index contributed by atoms with van der Waals surface area (Å²) in [6.07, 6.45) is 1.80. The van der Waals surface area contributed by atoms with Crippen molar-refractivity contribution in [2.24, 2.45) is 0 Å². The average molecular weight is 175 g/mol. The van der Waals surface area contributed by atoms with Crippen LogP contribution in [0.25, 0.3) is 6.08 Å². The van der Waals surface area contributed by atoms with Gasteiger partial charge < -0.3 is 10.4 Å². The van der Waals surface area contributed by atoms with Crippen LogP contribution in [-0.4, -0.2) is 18.2 Å². The van der Waals surface area contributed by atoms with Gasteiger partial charge in [0.1, 0.15) is 5.60 Å². The highest BCUT2D eigenvalue weighted by atomic mass is 16.3. The lowest BCUT2D eigenvalue weighted by Crippen LogP contribution is -2.56. The minimum atomic E-state index is -0.639. The molecule has 1 aromatic rings. The van der Waals surface area contributed by atoms with Crippen LogP contribution in [0, 0.1) is 0 Å². The van der Waals surface area contributed by atoms with Crippen molar-refractivity contribution < 1.29 is 5.11 Å². The number of hydrogen-bond donors (Lipinski definition) is 2. The number of β-amino-alcohol motifs (C(OH)–C–C–N with tert-alkyl or cyclic N) is 1. The van der Waals surface area contributed by atoms with E-state index in [0.29, 0.717) is 13.1 Å². The predicted molar refractivity (Wildman–Crippen MR) is 53.3 cm³/mol. The first-order chi connectivity index (χ1) is 6.24. The van der Waals surface area contributed by atoms with E-state index in [4.69, 9.17) is 0 Å². The maximum atomic E-state index is 9.96. The van der Waals surface area contributed by atoms with Crippen LogP contribution in [0.2, 0.25) is 0 Å². The molecule has 2 nitrogen and oxygen atoms in total. The van der Waals surface area contributed by atoms with Crippen LogP contribution >= 0.6 is 0 Å². The highest BCUT2D eigenvalue weighted by Gasteiger charge is 2.35. The maximum Gasteiger partial charge on any atom is 0.114 e. The summed E-state index contributed by atoms with van der Waals surface area (Å²) in [5.74, 6) is 0.